The highest BCUT2D eigenvalue weighted by atomic mass is 19.4. The van der Waals surface area contributed by atoms with E-state index in [1.165, 1.54) is 19.2 Å². The van der Waals surface area contributed by atoms with E-state index >= 15 is 0 Å². The lowest BCUT2D eigenvalue weighted by Crippen LogP contribution is -2.36. The minimum atomic E-state index is -4.64. The van der Waals surface area contributed by atoms with Crippen molar-refractivity contribution in [1.82, 2.24) is 4.90 Å². The van der Waals surface area contributed by atoms with E-state index < -0.39 is 29.1 Å². The maximum absolute atomic E-state index is 13.1. The van der Waals surface area contributed by atoms with Crippen molar-refractivity contribution >= 4 is 17.5 Å². The Kier molecular flexibility index (Phi) is 5.69. The molecule has 0 fully saturated rings. The normalized spacial score (nSPS) is 11.2. The molecule has 0 aliphatic heterocycles. The van der Waals surface area contributed by atoms with Crippen LogP contribution >= 0.6 is 0 Å². The van der Waals surface area contributed by atoms with Crippen molar-refractivity contribution in [2.24, 2.45) is 0 Å². The minimum Gasteiger partial charge on any atom is -0.332 e. The molecule has 2 aromatic carbocycles. The van der Waals surface area contributed by atoms with E-state index in [1.54, 1.807) is 12.1 Å². The Morgan fingerprint density at radius 3 is 2.35 bits per heavy atom. The third-order valence-corrected chi connectivity index (χ3v) is 4.07. The van der Waals surface area contributed by atoms with Crippen LogP contribution in [0.4, 0.5) is 18.9 Å². The summed E-state index contributed by atoms with van der Waals surface area (Å²) in [6.07, 6.45) is -4.64. The van der Waals surface area contributed by atoms with Gasteiger partial charge < -0.3 is 10.2 Å². The van der Waals surface area contributed by atoms with E-state index in [9.17, 15) is 22.8 Å². The highest BCUT2D eigenvalue weighted by Gasteiger charge is 2.35. The molecule has 0 radical (unpaired) electrons. The number of halogens is 3. The fourth-order valence-electron chi connectivity index (χ4n) is 2.49. The highest BCUT2D eigenvalue weighted by Crippen LogP contribution is 2.32. The molecule has 0 bridgehead atoms. The fourth-order valence-corrected chi connectivity index (χ4v) is 2.49. The van der Waals surface area contributed by atoms with Crippen LogP contribution in [0.1, 0.15) is 27.0 Å². The van der Waals surface area contributed by atoms with Crippen LogP contribution in [0.25, 0.3) is 0 Å². The first-order valence-electron chi connectivity index (χ1n) is 7.89. The van der Waals surface area contributed by atoms with Crippen molar-refractivity contribution in [3.8, 4) is 0 Å². The molecule has 0 spiro atoms. The third kappa shape index (κ3) is 4.41. The number of carbonyl (C=O) groups excluding carboxylic acids is 2. The van der Waals surface area contributed by atoms with E-state index in [1.807, 2.05) is 19.9 Å². The number of hydrogen-bond acceptors (Lipinski definition) is 2. The van der Waals surface area contributed by atoms with E-state index in [0.717, 1.165) is 28.2 Å². The molecule has 1 N–H and O–H groups in total. The third-order valence-electron chi connectivity index (χ3n) is 4.07. The van der Waals surface area contributed by atoms with Crippen LogP contribution in [0.15, 0.2) is 42.5 Å². The van der Waals surface area contributed by atoms with Gasteiger partial charge in [0.15, 0.2) is 0 Å². The lowest BCUT2D eigenvalue weighted by molar-refractivity contribution is -0.138. The average molecular weight is 364 g/mol. The van der Waals surface area contributed by atoms with Gasteiger partial charge in [0.05, 0.1) is 17.7 Å². The molecule has 138 valence electrons. The topological polar surface area (TPSA) is 49.4 Å². The number of likely N-dealkylation sites (N-methyl/N-ethyl adjacent to an activating group) is 1. The zero-order valence-corrected chi connectivity index (χ0v) is 14.6. The van der Waals surface area contributed by atoms with Gasteiger partial charge in [0.1, 0.15) is 0 Å². The molecule has 0 atom stereocenters. The van der Waals surface area contributed by atoms with Crippen molar-refractivity contribution in [3.63, 3.8) is 0 Å². The second-order valence-corrected chi connectivity index (χ2v) is 6.00. The Bertz CT molecular complexity index is 832. The van der Waals surface area contributed by atoms with Crippen LogP contribution < -0.4 is 5.32 Å². The molecule has 0 aliphatic carbocycles. The number of nitrogens with zero attached hydrogens (tertiary/aromatic N) is 1. The van der Waals surface area contributed by atoms with Crippen molar-refractivity contribution in [1.29, 1.82) is 0 Å². The molecule has 2 amide bonds. The van der Waals surface area contributed by atoms with Crippen LogP contribution in [0.3, 0.4) is 0 Å². The number of nitrogens with one attached hydrogen (secondary N) is 1. The molecule has 4 nitrogen and oxygen atoms in total. The van der Waals surface area contributed by atoms with Crippen molar-refractivity contribution in [2.75, 3.05) is 18.9 Å². The summed E-state index contributed by atoms with van der Waals surface area (Å²) in [5, 5.41) is 2.68. The first-order valence-corrected chi connectivity index (χ1v) is 7.89. The Labute approximate surface area is 149 Å². The number of benzene rings is 2. The van der Waals surface area contributed by atoms with Gasteiger partial charge in [-0.2, -0.15) is 13.2 Å². The zero-order valence-electron chi connectivity index (χ0n) is 14.6. The molecule has 2 rings (SSSR count). The number of alkyl halides is 3. The van der Waals surface area contributed by atoms with Gasteiger partial charge in [-0.25, -0.2) is 0 Å². The zero-order chi connectivity index (χ0) is 19.5. The van der Waals surface area contributed by atoms with Gasteiger partial charge >= 0.3 is 6.18 Å². The van der Waals surface area contributed by atoms with Crippen LogP contribution in [0, 0.1) is 13.8 Å². The van der Waals surface area contributed by atoms with Gasteiger partial charge in [0.25, 0.3) is 5.91 Å². The summed E-state index contributed by atoms with van der Waals surface area (Å²) in [6, 6.07) is 9.92. The summed E-state index contributed by atoms with van der Waals surface area (Å²) in [5.74, 6) is -1.35. The molecule has 26 heavy (non-hydrogen) atoms. The summed E-state index contributed by atoms with van der Waals surface area (Å²) in [5.41, 5.74) is 0.976. The molecule has 0 aliphatic rings. The maximum atomic E-state index is 13.1. The fraction of sp³-hybridized carbons (Fsp3) is 0.263. The average Bonchev–Trinajstić information content (AvgIpc) is 2.57. The first-order chi connectivity index (χ1) is 12.1. The molecular formula is C19H19F3N2O2. The first kappa shape index (κ1) is 19.5. The second kappa shape index (κ2) is 7.59. The smallest absolute Gasteiger partial charge is 0.332 e. The molecule has 0 saturated heterocycles. The van der Waals surface area contributed by atoms with E-state index in [4.69, 9.17) is 0 Å². The number of hydrogen-bond donors (Lipinski definition) is 1. The lowest BCUT2D eigenvalue weighted by Gasteiger charge is -2.20. The predicted octanol–water partition coefficient (Wildman–Crippen LogP) is 4.03. The minimum absolute atomic E-state index is 0.363. The largest absolute Gasteiger partial charge is 0.417 e. The second-order valence-electron chi connectivity index (χ2n) is 6.00. The Balaban J connectivity index is 2.13. The van der Waals surface area contributed by atoms with Gasteiger partial charge in [0.2, 0.25) is 5.91 Å². The van der Waals surface area contributed by atoms with Crippen LogP contribution in [-0.4, -0.2) is 30.3 Å². The molecular weight excluding hydrogens is 345 g/mol. The van der Waals surface area contributed by atoms with Gasteiger partial charge in [-0.15, -0.1) is 0 Å². The Morgan fingerprint density at radius 1 is 1.04 bits per heavy atom. The van der Waals surface area contributed by atoms with Crippen molar-refractivity contribution in [3.05, 3.63) is 64.7 Å². The molecule has 0 saturated carbocycles. The van der Waals surface area contributed by atoms with Gasteiger partial charge in [0, 0.05) is 12.7 Å². The Morgan fingerprint density at radius 2 is 1.69 bits per heavy atom. The van der Waals surface area contributed by atoms with E-state index in [0.29, 0.717) is 5.69 Å². The molecule has 0 heterocycles. The number of amides is 2. The quantitative estimate of drug-likeness (QED) is 0.890. The predicted molar refractivity (Wildman–Crippen MR) is 93.0 cm³/mol. The Hall–Kier alpha value is -2.83. The SMILES string of the molecule is Cc1cccc(NC(=O)CN(C)C(=O)c2ccccc2C(F)(F)F)c1C. The van der Waals surface area contributed by atoms with E-state index in [-0.39, 0.29) is 6.54 Å². The number of anilines is 1. The van der Waals surface area contributed by atoms with Crippen molar-refractivity contribution in [2.45, 2.75) is 20.0 Å². The summed E-state index contributed by atoms with van der Waals surface area (Å²) in [7, 11) is 1.29. The summed E-state index contributed by atoms with van der Waals surface area (Å²) in [6.45, 7) is 3.38. The summed E-state index contributed by atoms with van der Waals surface area (Å²) < 4.78 is 39.2. The van der Waals surface area contributed by atoms with Crippen LogP contribution in [-0.2, 0) is 11.0 Å². The van der Waals surface area contributed by atoms with Crippen LogP contribution in [0.5, 0.6) is 0 Å². The molecule has 0 unspecified atom stereocenters. The standard InChI is InChI=1S/C19H19F3N2O2/c1-12-7-6-10-16(13(12)2)23-17(25)11-24(3)18(26)14-8-4-5-9-15(14)19(20,21)22/h4-10H,11H2,1-3H3,(H,23,25). The number of aryl methyl sites for hydroxylation is 1. The summed E-state index contributed by atoms with van der Waals surface area (Å²) in [4.78, 5) is 25.5. The molecule has 0 aromatic heterocycles. The summed E-state index contributed by atoms with van der Waals surface area (Å²) >= 11 is 0. The van der Waals surface area contributed by atoms with Crippen LogP contribution in [0.2, 0.25) is 0 Å². The molecule has 7 heteroatoms. The lowest BCUT2D eigenvalue weighted by atomic mass is 10.1. The highest BCUT2D eigenvalue weighted by molar-refractivity contribution is 6.00. The van der Waals surface area contributed by atoms with Gasteiger partial charge in [-0.05, 0) is 43.2 Å². The maximum Gasteiger partial charge on any atom is 0.417 e. The monoisotopic (exact) mass is 364 g/mol. The van der Waals surface area contributed by atoms with Gasteiger partial charge in [-0.1, -0.05) is 24.3 Å². The number of rotatable bonds is 4. The van der Waals surface area contributed by atoms with Crippen molar-refractivity contribution < 1.29 is 22.8 Å². The molecule has 2 aromatic rings. The van der Waals surface area contributed by atoms with E-state index in [2.05, 4.69) is 5.32 Å². The van der Waals surface area contributed by atoms with Gasteiger partial charge in [-0.3, -0.25) is 9.59 Å². The number of carbonyl (C=O) groups is 2.